The minimum Gasteiger partial charge on any atom is -0.257 e. The smallest absolute Gasteiger partial charge is 0.0665 e. The molecule has 0 atom stereocenters. The van der Waals surface area contributed by atoms with E-state index < -0.39 is 0 Å². The van der Waals surface area contributed by atoms with E-state index in [4.69, 9.17) is 0 Å². The zero-order chi connectivity index (χ0) is 16.6. The first kappa shape index (κ1) is 14.2. The average molecular weight is 319 g/mol. The Hall–Kier alpha value is -3.19. The number of fused-ring (bicyclic) bond motifs is 2. The largest absolute Gasteiger partial charge is 0.257 e. The van der Waals surface area contributed by atoms with Gasteiger partial charge in [0.1, 0.15) is 0 Å². The topological polar surface area (TPSA) is 12.9 Å². The molecule has 1 aliphatic carbocycles. The van der Waals surface area contributed by atoms with E-state index in [1.807, 2.05) is 12.3 Å². The summed E-state index contributed by atoms with van der Waals surface area (Å²) in [5.74, 6) is 0. The van der Waals surface area contributed by atoms with E-state index in [0.29, 0.717) is 0 Å². The molecule has 25 heavy (non-hydrogen) atoms. The Labute approximate surface area is 147 Å². The maximum Gasteiger partial charge on any atom is 0.0665 e. The van der Waals surface area contributed by atoms with Crippen molar-refractivity contribution in [1.29, 1.82) is 0 Å². The molecule has 0 spiro atoms. The lowest BCUT2D eigenvalue weighted by Gasteiger charge is -2.11. The van der Waals surface area contributed by atoms with Crippen LogP contribution in [0.5, 0.6) is 0 Å². The van der Waals surface area contributed by atoms with Crippen LogP contribution in [0.4, 0.5) is 0 Å². The molecule has 0 fully saturated rings. The Balaban J connectivity index is 1.71. The summed E-state index contributed by atoms with van der Waals surface area (Å²) in [5.41, 5.74) is 7.69. The lowest BCUT2D eigenvalue weighted by molar-refractivity contribution is 1.22. The molecule has 0 saturated carbocycles. The van der Waals surface area contributed by atoms with Crippen molar-refractivity contribution >= 4 is 22.4 Å². The van der Waals surface area contributed by atoms with Crippen LogP contribution in [-0.4, -0.2) is 4.98 Å². The summed E-state index contributed by atoms with van der Waals surface area (Å²) < 4.78 is 0. The molecule has 0 radical (unpaired) electrons. The lowest BCUT2D eigenvalue weighted by atomic mass is 9.93. The van der Waals surface area contributed by atoms with Crippen molar-refractivity contribution in [2.45, 2.75) is 6.42 Å². The van der Waals surface area contributed by atoms with Crippen molar-refractivity contribution in [3.63, 3.8) is 0 Å². The van der Waals surface area contributed by atoms with Gasteiger partial charge in [0.2, 0.25) is 0 Å². The second kappa shape index (κ2) is 5.71. The number of hydrogen-bond donors (Lipinski definition) is 0. The number of rotatable bonds is 2. The molecular weight excluding hydrogens is 302 g/mol. The predicted octanol–water partition coefficient (Wildman–Crippen LogP) is 6.00. The Morgan fingerprint density at radius 1 is 0.680 bits per heavy atom. The molecule has 0 bridgehead atoms. The van der Waals surface area contributed by atoms with Crippen LogP contribution in [0.15, 0.2) is 85.1 Å². The highest BCUT2D eigenvalue weighted by atomic mass is 14.7. The van der Waals surface area contributed by atoms with Crippen molar-refractivity contribution in [2.75, 3.05) is 0 Å². The van der Waals surface area contributed by atoms with Gasteiger partial charge in [0.15, 0.2) is 0 Å². The first-order valence-corrected chi connectivity index (χ1v) is 8.62. The minimum absolute atomic E-state index is 0.949. The summed E-state index contributed by atoms with van der Waals surface area (Å²) in [7, 11) is 0. The molecule has 0 aliphatic heterocycles. The lowest BCUT2D eigenvalue weighted by Crippen LogP contribution is -1.89. The highest BCUT2D eigenvalue weighted by molar-refractivity contribution is 6.01. The molecule has 0 unspecified atom stereocenters. The zero-order valence-electron chi connectivity index (χ0n) is 13.8. The van der Waals surface area contributed by atoms with E-state index in [1.54, 1.807) is 0 Å². The number of aromatic nitrogens is 1. The predicted molar refractivity (Wildman–Crippen MR) is 105 cm³/mol. The first-order valence-electron chi connectivity index (χ1n) is 8.62. The molecule has 0 amide bonds. The Bertz CT molecular complexity index is 1100. The molecule has 0 saturated heterocycles. The molecule has 1 nitrogen and oxygen atoms in total. The van der Waals surface area contributed by atoms with Crippen LogP contribution in [0.25, 0.3) is 33.5 Å². The first-order chi connectivity index (χ1) is 12.4. The third-order valence-electron chi connectivity index (χ3n) is 4.97. The normalized spacial score (nSPS) is 12.9. The summed E-state index contributed by atoms with van der Waals surface area (Å²) in [6, 6.07) is 27.9. The van der Waals surface area contributed by atoms with Crippen LogP contribution in [0.3, 0.4) is 0 Å². The van der Waals surface area contributed by atoms with Gasteiger partial charge in [0, 0.05) is 12.6 Å². The molecule has 1 aliphatic rings. The van der Waals surface area contributed by atoms with Crippen LogP contribution < -0.4 is 0 Å². The molecule has 118 valence electrons. The highest BCUT2D eigenvalue weighted by Crippen LogP contribution is 2.39. The zero-order valence-corrected chi connectivity index (χ0v) is 13.8. The van der Waals surface area contributed by atoms with Gasteiger partial charge in [-0.25, -0.2) is 0 Å². The van der Waals surface area contributed by atoms with Gasteiger partial charge in [-0.05, 0) is 56.8 Å². The SMILES string of the molecule is C1=C(c2ccccn2)Cc2cccc(-c3cccc4ccccc34)c21. The Morgan fingerprint density at radius 3 is 2.40 bits per heavy atom. The van der Waals surface area contributed by atoms with Gasteiger partial charge in [-0.2, -0.15) is 0 Å². The maximum atomic E-state index is 4.53. The molecular formula is C24H17N. The number of benzene rings is 3. The summed E-state index contributed by atoms with van der Waals surface area (Å²) in [5, 5.41) is 2.59. The minimum atomic E-state index is 0.949. The van der Waals surface area contributed by atoms with Crippen LogP contribution in [-0.2, 0) is 6.42 Å². The summed E-state index contributed by atoms with van der Waals surface area (Å²) >= 11 is 0. The Kier molecular flexibility index (Phi) is 3.24. The van der Waals surface area contributed by atoms with Crippen molar-refractivity contribution in [3.05, 3.63) is 102 Å². The van der Waals surface area contributed by atoms with Crippen molar-refractivity contribution in [1.82, 2.24) is 4.98 Å². The number of pyridine rings is 1. The van der Waals surface area contributed by atoms with Gasteiger partial charge in [-0.1, -0.05) is 66.7 Å². The monoisotopic (exact) mass is 319 g/mol. The van der Waals surface area contributed by atoms with E-state index in [-0.39, 0.29) is 0 Å². The molecule has 1 heterocycles. The third kappa shape index (κ3) is 2.36. The van der Waals surface area contributed by atoms with Crippen LogP contribution in [0, 0.1) is 0 Å². The van der Waals surface area contributed by atoms with Crippen LogP contribution in [0.1, 0.15) is 16.8 Å². The van der Waals surface area contributed by atoms with E-state index in [1.165, 1.54) is 38.6 Å². The van der Waals surface area contributed by atoms with Gasteiger partial charge in [-0.15, -0.1) is 0 Å². The standard InChI is InChI=1S/C24H17N/c1-2-10-20-17(7-1)8-5-11-21(20)22-12-6-9-18-15-19(16-23(18)22)24-13-3-4-14-25-24/h1-14,16H,15H2. The fraction of sp³-hybridized carbons (Fsp3) is 0.0417. The fourth-order valence-electron chi connectivity index (χ4n) is 3.78. The average Bonchev–Trinajstić information content (AvgIpc) is 3.13. The van der Waals surface area contributed by atoms with Gasteiger partial charge in [0.05, 0.1) is 5.69 Å². The van der Waals surface area contributed by atoms with Crippen molar-refractivity contribution in [3.8, 4) is 11.1 Å². The highest BCUT2D eigenvalue weighted by Gasteiger charge is 2.18. The second-order valence-electron chi connectivity index (χ2n) is 6.47. The molecule has 5 rings (SSSR count). The van der Waals surface area contributed by atoms with E-state index in [2.05, 4.69) is 83.9 Å². The van der Waals surface area contributed by atoms with Crippen LogP contribution >= 0.6 is 0 Å². The van der Waals surface area contributed by atoms with Gasteiger partial charge < -0.3 is 0 Å². The molecule has 1 aromatic heterocycles. The van der Waals surface area contributed by atoms with Gasteiger partial charge in [-0.3, -0.25) is 4.98 Å². The number of nitrogens with zero attached hydrogens (tertiary/aromatic N) is 1. The van der Waals surface area contributed by atoms with E-state index in [9.17, 15) is 0 Å². The van der Waals surface area contributed by atoms with Gasteiger partial charge in [0.25, 0.3) is 0 Å². The summed E-state index contributed by atoms with van der Waals surface area (Å²) in [4.78, 5) is 4.53. The van der Waals surface area contributed by atoms with E-state index in [0.717, 1.165) is 12.1 Å². The fourth-order valence-corrected chi connectivity index (χ4v) is 3.78. The quantitative estimate of drug-likeness (QED) is 0.441. The summed E-state index contributed by atoms with van der Waals surface area (Å²) in [6.45, 7) is 0. The maximum absolute atomic E-state index is 4.53. The Morgan fingerprint density at radius 2 is 1.48 bits per heavy atom. The number of allylic oxidation sites excluding steroid dienone is 1. The van der Waals surface area contributed by atoms with Crippen molar-refractivity contribution < 1.29 is 0 Å². The van der Waals surface area contributed by atoms with E-state index >= 15 is 0 Å². The second-order valence-corrected chi connectivity index (χ2v) is 6.47. The van der Waals surface area contributed by atoms with Crippen molar-refractivity contribution in [2.24, 2.45) is 0 Å². The van der Waals surface area contributed by atoms with Crippen LogP contribution in [0.2, 0.25) is 0 Å². The number of hydrogen-bond acceptors (Lipinski definition) is 1. The molecule has 4 aromatic rings. The molecule has 3 aromatic carbocycles. The third-order valence-corrected chi connectivity index (χ3v) is 4.97. The molecule has 0 N–H and O–H groups in total. The summed E-state index contributed by atoms with van der Waals surface area (Å²) in [6.07, 6.45) is 5.13. The molecule has 1 heteroatoms. The van der Waals surface area contributed by atoms with Gasteiger partial charge >= 0.3 is 0 Å².